The van der Waals surface area contributed by atoms with E-state index in [0.29, 0.717) is 0 Å². The first-order valence-electron chi connectivity index (χ1n) is 12.9. The molecule has 4 aromatic rings. The van der Waals surface area contributed by atoms with Crippen molar-refractivity contribution in [3.63, 3.8) is 0 Å². The summed E-state index contributed by atoms with van der Waals surface area (Å²) < 4.78 is 2.51. The molecular weight excluding hydrogens is 446 g/mol. The Morgan fingerprint density at radius 3 is 2.26 bits per heavy atom. The van der Waals surface area contributed by atoms with Crippen molar-refractivity contribution in [3.05, 3.63) is 102 Å². The van der Waals surface area contributed by atoms with Gasteiger partial charge in [-0.3, -0.25) is 4.90 Å². The molecule has 4 heteroatoms. The molecule has 0 unspecified atom stereocenters. The fourth-order valence-electron chi connectivity index (χ4n) is 5.52. The molecule has 0 atom stereocenters. The van der Waals surface area contributed by atoms with E-state index in [1.807, 2.05) is 11.9 Å². The summed E-state index contributed by atoms with van der Waals surface area (Å²) in [6, 6.07) is 33.4. The summed E-state index contributed by atoms with van der Waals surface area (Å²) in [5, 5.41) is 2.86. The minimum absolute atomic E-state index is 1.05. The van der Waals surface area contributed by atoms with Gasteiger partial charge in [0, 0.05) is 60.6 Å². The molecule has 0 N–H and O–H groups in total. The van der Waals surface area contributed by atoms with Crippen LogP contribution in [0, 0.1) is 0 Å². The maximum Gasteiger partial charge on any atom is 0.0565 e. The van der Waals surface area contributed by atoms with E-state index in [2.05, 4.69) is 105 Å². The van der Waals surface area contributed by atoms with Crippen LogP contribution in [0.25, 0.3) is 10.8 Å². The van der Waals surface area contributed by atoms with Gasteiger partial charge >= 0.3 is 0 Å². The average Bonchev–Trinajstić information content (AvgIpc) is 3.10. The molecule has 6 rings (SSSR count). The number of hydrogen-bond donors (Lipinski definition) is 0. The lowest BCUT2D eigenvalue weighted by molar-refractivity contribution is 0.285. The summed E-state index contributed by atoms with van der Waals surface area (Å²) in [7, 11) is 0. The predicted molar refractivity (Wildman–Crippen MR) is 150 cm³/mol. The maximum atomic E-state index is 2.62. The molecule has 1 fully saturated rings. The van der Waals surface area contributed by atoms with Crippen molar-refractivity contribution < 1.29 is 0 Å². The molecule has 0 aromatic heterocycles. The van der Waals surface area contributed by atoms with E-state index in [0.717, 1.165) is 52.1 Å². The molecule has 2 aliphatic heterocycles. The lowest BCUT2D eigenvalue weighted by Gasteiger charge is -2.26. The molecule has 4 aromatic carbocycles. The monoisotopic (exact) mass is 479 g/mol. The molecule has 35 heavy (non-hydrogen) atoms. The summed E-state index contributed by atoms with van der Waals surface area (Å²) in [5.74, 6) is 0. The first-order valence-corrected chi connectivity index (χ1v) is 13.7. The standard InChI is InChI=1S/C31H33N3S/c1-3-10-25(11-4-1)14-8-21-34-29-18-17-28(27-15-7-16-30(35-34)31(27)29)33-20-9-19-32(22-23-33)24-26-12-5-2-6-13-26/h1-7,10-13,15-18H,8-9,14,19-24H2. The Kier molecular flexibility index (Phi) is 6.66. The van der Waals surface area contributed by atoms with E-state index in [9.17, 15) is 0 Å². The molecule has 0 spiro atoms. The van der Waals surface area contributed by atoms with Gasteiger partial charge in [-0.25, -0.2) is 0 Å². The van der Waals surface area contributed by atoms with Gasteiger partial charge in [-0.05, 0) is 60.5 Å². The van der Waals surface area contributed by atoms with Crippen molar-refractivity contribution in [1.82, 2.24) is 4.90 Å². The predicted octanol–water partition coefficient (Wildman–Crippen LogP) is 7.01. The van der Waals surface area contributed by atoms with E-state index in [4.69, 9.17) is 0 Å². The maximum absolute atomic E-state index is 2.62. The Bertz CT molecular complexity index is 1270. The van der Waals surface area contributed by atoms with Crippen molar-refractivity contribution >= 4 is 34.1 Å². The Balaban J connectivity index is 1.17. The fraction of sp³-hybridized carbons (Fsp3) is 0.290. The van der Waals surface area contributed by atoms with Gasteiger partial charge in [-0.15, -0.1) is 0 Å². The first-order chi connectivity index (χ1) is 17.3. The first kappa shape index (κ1) is 22.5. The lowest BCUT2D eigenvalue weighted by Crippen LogP contribution is -2.30. The van der Waals surface area contributed by atoms with E-state index < -0.39 is 0 Å². The quantitative estimate of drug-likeness (QED) is 0.264. The summed E-state index contributed by atoms with van der Waals surface area (Å²) in [5.41, 5.74) is 5.63. The average molecular weight is 480 g/mol. The van der Waals surface area contributed by atoms with Gasteiger partial charge in [-0.1, -0.05) is 72.8 Å². The second-order valence-electron chi connectivity index (χ2n) is 9.67. The van der Waals surface area contributed by atoms with Crippen LogP contribution in [-0.2, 0) is 13.0 Å². The van der Waals surface area contributed by atoms with Crippen molar-refractivity contribution in [3.8, 4) is 0 Å². The molecule has 0 bridgehead atoms. The number of anilines is 2. The molecule has 0 saturated carbocycles. The number of aryl methyl sites for hydroxylation is 1. The van der Waals surface area contributed by atoms with E-state index in [1.54, 1.807) is 0 Å². The van der Waals surface area contributed by atoms with Crippen molar-refractivity contribution in [2.45, 2.75) is 30.7 Å². The molecule has 178 valence electrons. The number of hydrogen-bond acceptors (Lipinski definition) is 4. The van der Waals surface area contributed by atoms with Gasteiger partial charge in [-0.2, -0.15) is 0 Å². The van der Waals surface area contributed by atoms with E-state index in [1.165, 1.54) is 44.6 Å². The molecule has 2 heterocycles. The third-order valence-electron chi connectivity index (χ3n) is 7.28. The van der Waals surface area contributed by atoms with Crippen LogP contribution in [0.3, 0.4) is 0 Å². The van der Waals surface area contributed by atoms with Gasteiger partial charge in [0.2, 0.25) is 0 Å². The second-order valence-corrected chi connectivity index (χ2v) is 10.7. The summed E-state index contributed by atoms with van der Waals surface area (Å²) in [4.78, 5) is 6.63. The highest BCUT2D eigenvalue weighted by Gasteiger charge is 2.25. The normalized spacial score (nSPS) is 16.1. The van der Waals surface area contributed by atoms with Crippen LogP contribution in [0.2, 0.25) is 0 Å². The zero-order valence-electron chi connectivity index (χ0n) is 20.3. The highest BCUT2D eigenvalue weighted by atomic mass is 32.2. The number of rotatable bonds is 7. The number of nitrogens with zero attached hydrogens (tertiary/aromatic N) is 3. The van der Waals surface area contributed by atoms with Gasteiger partial charge < -0.3 is 9.21 Å². The Morgan fingerprint density at radius 2 is 1.43 bits per heavy atom. The van der Waals surface area contributed by atoms with Crippen molar-refractivity contribution in [1.29, 1.82) is 0 Å². The smallest absolute Gasteiger partial charge is 0.0565 e. The molecule has 0 radical (unpaired) electrons. The molecule has 0 aliphatic carbocycles. The second kappa shape index (κ2) is 10.3. The van der Waals surface area contributed by atoms with Crippen LogP contribution in [0.4, 0.5) is 11.4 Å². The Labute approximate surface area is 213 Å². The van der Waals surface area contributed by atoms with Crippen molar-refractivity contribution in [2.75, 3.05) is 41.9 Å². The van der Waals surface area contributed by atoms with Crippen LogP contribution >= 0.6 is 11.9 Å². The summed E-state index contributed by atoms with van der Waals surface area (Å²) in [6.07, 6.45) is 3.50. The van der Waals surface area contributed by atoms with E-state index in [-0.39, 0.29) is 0 Å². The van der Waals surface area contributed by atoms with Gasteiger partial charge in [0.05, 0.1) is 5.69 Å². The topological polar surface area (TPSA) is 9.72 Å². The molecule has 1 saturated heterocycles. The third-order valence-corrected chi connectivity index (χ3v) is 8.42. The highest BCUT2D eigenvalue weighted by molar-refractivity contribution is 8.01. The van der Waals surface area contributed by atoms with Gasteiger partial charge in [0.1, 0.15) is 0 Å². The summed E-state index contributed by atoms with van der Waals surface area (Å²) in [6.45, 7) is 6.60. The summed E-state index contributed by atoms with van der Waals surface area (Å²) >= 11 is 1.92. The molecule has 3 nitrogen and oxygen atoms in total. The molecule has 0 amide bonds. The number of benzene rings is 4. The third kappa shape index (κ3) is 4.91. The van der Waals surface area contributed by atoms with Crippen molar-refractivity contribution in [2.24, 2.45) is 0 Å². The zero-order valence-corrected chi connectivity index (χ0v) is 21.1. The Hall–Kier alpha value is -2.95. The fourth-order valence-corrected chi connectivity index (χ4v) is 6.67. The minimum atomic E-state index is 1.05. The highest BCUT2D eigenvalue weighted by Crippen LogP contribution is 2.48. The van der Waals surface area contributed by atoms with Crippen LogP contribution in [0.15, 0.2) is 95.9 Å². The van der Waals surface area contributed by atoms with Gasteiger partial charge in [0.25, 0.3) is 0 Å². The lowest BCUT2D eigenvalue weighted by atomic mass is 10.0. The largest absolute Gasteiger partial charge is 0.370 e. The Morgan fingerprint density at radius 1 is 0.657 bits per heavy atom. The van der Waals surface area contributed by atoms with E-state index >= 15 is 0 Å². The molecule has 2 aliphatic rings. The molecular formula is C31H33N3S. The van der Waals surface area contributed by atoms with Crippen LogP contribution in [0.5, 0.6) is 0 Å². The minimum Gasteiger partial charge on any atom is -0.370 e. The zero-order chi connectivity index (χ0) is 23.5. The van der Waals surface area contributed by atoms with Crippen LogP contribution in [0.1, 0.15) is 24.0 Å². The van der Waals surface area contributed by atoms with Crippen LogP contribution < -0.4 is 9.21 Å². The van der Waals surface area contributed by atoms with Crippen LogP contribution in [-0.4, -0.2) is 37.6 Å². The van der Waals surface area contributed by atoms with Gasteiger partial charge in [0.15, 0.2) is 0 Å². The SMILES string of the molecule is c1ccc(CCCN2Sc3cccc4c(N5CCCN(Cc6ccccc6)CC5)ccc2c34)cc1.